The molecule has 1 unspecified atom stereocenters. The van der Waals surface area contributed by atoms with E-state index in [1.165, 1.54) is 7.11 Å². The van der Waals surface area contributed by atoms with Crippen molar-refractivity contribution < 1.29 is 19.4 Å². The van der Waals surface area contributed by atoms with Gasteiger partial charge in [0.25, 0.3) is 11.7 Å². The van der Waals surface area contributed by atoms with Crippen LogP contribution in [0.3, 0.4) is 0 Å². The first-order chi connectivity index (χ1) is 15.3. The van der Waals surface area contributed by atoms with Crippen molar-refractivity contribution in [1.82, 2.24) is 9.80 Å². The Hall–Kier alpha value is -2.83. The quantitative estimate of drug-likeness (QED) is 0.361. The summed E-state index contributed by atoms with van der Waals surface area (Å²) in [6, 6.07) is 11.7. The van der Waals surface area contributed by atoms with Crippen molar-refractivity contribution in [2.45, 2.75) is 26.8 Å². The van der Waals surface area contributed by atoms with Gasteiger partial charge in [-0.05, 0) is 49.3 Å². The third-order valence-corrected chi connectivity index (χ3v) is 6.31. The molecule has 7 heteroatoms. The maximum atomic E-state index is 13.2. The lowest BCUT2D eigenvalue weighted by Crippen LogP contribution is -2.38. The number of likely N-dealkylation sites (tertiary alicyclic amines) is 1. The number of halogens is 1. The Morgan fingerprint density at radius 1 is 1.16 bits per heavy atom. The van der Waals surface area contributed by atoms with Gasteiger partial charge in [-0.25, -0.2) is 0 Å². The van der Waals surface area contributed by atoms with Gasteiger partial charge in [-0.2, -0.15) is 0 Å². The largest absolute Gasteiger partial charge is 0.507 e. The van der Waals surface area contributed by atoms with Gasteiger partial charge in [0.15, 0.2) is 0 Å². The fraction of sp³-hybridized carbons (Fsp3) is 0.360. The highest BCUT2D eigenvalue weighted by molar-refractivity contribution is 6.46. The molecule has 1 amide bonds. The topological polar surface area (TPSA) is 70.1 Å². The van der Waals surface area contributed by atoms with E-state index in [-0.39, 0.29) is 11.3 Å². The zero-order valence-electron chi connectivity index (χ0n) is 18.9. The van der Waals surface area contributed by atoms with Crippen LogP contribution in [0.1, 0.15) is 36.6 Å². The van der Waals surface area contributed by atoms with Crippen LogP contribution >= 0.6 is 11.6 Å². The maximum absolute atomic E-state index is 13.2. The van der Waals surface area contributed by atoms with E-state index in [1.807, 2.05) is 31.2 Å². The molecule has 32 heavy (non-hydrogen) atoms. The zero-order valence-corrected chi connectivity index (χ0v) is 19.6. The molecule has 1 saturated heterocycles. The van der Waals surface area contributed by atoms with Crippen LogP contribution in [0.15, 0.2) is 48.0 Å². The predicted octanol–water partition coefficient (Wildman–Crippen LogP) is 4.42. The monoisotopic (exact) mass is 456 g/mol. The molecule has 0 bridgehead atoms. The van der Waals surface area contributed by atoms with Crippen molar-refractivity contribution >= 4 is 29.1 Å². The Morgan fingerprint density at radius 3 is 2.47 bits per heavy atom. The van der Waals surface area contributed by atoms with Crippen molar-refractivity contribution in [3.05, 3.63) is 69.8 Å². The molecule has 170 valence electrons. The van der Waals surface area contributed by atoms with E-state index < -0.39 is 17.7 Å². The normalized spacial score (nSPS) is 17.9. The number of methoxy groups -OCH3 is 1. The van der Waals surface area contributed by atoms with Gasteiger partial charge in [-0.1, -0.05) is 49.7 Å². The lowest BCUT2D eigenvalue weighted by atomic mass is 9.92. The minimum absolute atomic E-state index is 0.0771. The van der Waals surface area contributed by atoms with Crippen molar-refractivity contribution in [1.29, 1.82) is 0 Å². The Morgan fingerprint density at radius 2 is 1.84 bits per heavy atom. The van der Waals surface area contributed by atoms with E-state index in [2.05, 4.69) is 18.7 Å². The molecular weight excluding hydrogens is 428 g/mol. The lowest BCUT2D eigenvalue weighted by molar-refractivity contribution is -0.140. The van der Waals surface area contributed by atoms with Crippen LogP contribution in [0.2, 0.25) is 5.02 Å². The van der Waals surface area contributed by atoms with E-state index in [0.29, 0.717) is 29.4 Å². The molecule has 0 saturated carbocycles. The number of rotatable bonds is 8. The van der Waals surface area contributed by atoms with Crippen LogP contribution in [-0.2, 0) is 9.59 Å². The van der Waals surface area contributed by atoms with Gasteiger partial charge in [0, 0.05) is 18.7 Å². The van der Waals surface area contributed by atoms with Gasteiger partial charge in [-0.15, -0.1) is 0 Å². The number of benzene rings is 2. The molecule has 1 aliphatic heterocycles. The summed E-state index contributed by atoms with van der Waals surface area (Å²) in [6.07, 6.45) is 0. The van der Waals surface area contributed by atoms with E-state index in [9.17, 15) is 14.7 Å². The smallest absolute Gasteiger partial charge is 0.295 e. The summed E-state index contributed by atoms with van der Waals surface area (Å²) < 4.78 is 5.25. The summed E-state index contributed by atoms with van der Waals surface area (Å²) in [5.41, 5.74) is 2.19. The van der Waals surface area contributed by atoms with Gasteiger partial charge in [0.2, 0.25) is 0 Å². The molecule has 1 N–H and O–H groups in total. The summed E-state index contributed by atoms with van der Waals surface area (Å²) in [6.45, 7) is 8.77. The number of carbonyl (C=O) groups is 2. The van der Waals surface area contributed by atoms with E-state index in [4.69, 9.17) is 16.3 Å². The van der Waals surface area contributed by atoms with Crippen molar-refractivity contribution in [2.75, 3.05) is 33.3 Å². The average molecular weight is 457 g/mol. The molecule has 1 heterocycles. The molecule has 6 nitrogen and oxygen atoms in total. The van der Waals surface area contributed by atoms with Crippen LogP contribution in [0, 0.1) is 6.92 Å². The summed E-state index contributed by atoms with van der Waals surface area (Å²) in [7, 11) is 1.48. The van der Waals surface area contributed by atoms with Crippen LogP contribution in [0.25, 0.3) is 5.76 Å². The molecule has 0 aliphatic carbocycles. The Labute approximate surface area is 194 Å². The van der Waals surface area contributed by atoms with Gasteiger partial charge in [0.1, 0.15) is 11.5 Å². The molecule has 0 aromatic heterocycles. The number of ketones is 1. The molecule has 1 fully saturated rings. The van der Waals surface area contributed by atoms with E-state index in [1.54, 1.807) is 23.1 Å². The number of ether oxygens (including phenoxy) is 1. The molecule has 1 aliphatic rings. The van der Waals surface area contributed by atoms with E-state index >= 15 is 0 Å². The number of aliphatic hydroxyl groups excluding tert-OH is 1. The summed E-state index contributed by atoms with van der Waals surface area (Å²) in [4.78, 5) is 30.0. The predicted molar refractivity (Wildman–Crippen MR) is 126 cm³/mol. The first kappa shape index (κ1) is 23.8. The lowest BCUT2D eigenvalue weighted by Gasteiger charge is -2.29. The average Bonchev–Trinajstić information content (AvgIpc) is 3.04. The number of likely N-dealkylation sites (N-methyl/N-ethyl adjacent to an activating group) is 1. The summed E-state index contributed by atoms with van der Waals surface area (Å²) in [5.74, 6) is -1.16. The first-order valence-corrected chi connectivity index (χ1v) is 11.1. The number of Topliss-reactive ketones (excluding diaryl/α,β-unsaturated/α-hetero) is 1. The van der Waals surface area contributed by atoms with Gasteiger partial charge in [0.05, 0.1) is 23.7 Å². The molecule has 1 atom stereocenters. The van der Waals surface area contributed by atoms with Crippen LogP contribution in [0.5, 0.6) is 5.75 Å². The first-order valence-electron chi connectivity index (χ1n) is 10.7. The summed E-state index contributed by atoms with van der Waals surface area (Å²) >= 11 is 6.12. The fourth-order valence-corrected chi connectivity index (χ4v) is 4.27. The minimum Gasteiger partial charge on any atom is -0.507 e. The van der Waals surface area contributed by atoms with E-state index in [0.717, 1.165) is 24.2 Å². The number of hydrogen-bond acceptors (Lipinski definition) is 5. The zero-order chi connectivity index (χ0) is 23.4. The van der Waals surface area contributed by atoms with Gasteiger partial charge >= 0.3 is 0 Å². The van der Waals surface area contributed by atoms with Crippen molar-refractivity contribution in [3.8, 4) is 5.75 Å². The molecule has 3 rings (SSSR count). The SMILES string of the molecule is CCN(CC)CCN1C(=O)C(=O)/C(=C(/O)c2ccc(Cl)c(OC)c2)C1c1ccccc1C. The second kappa shape index (κ2) is 10.2. The maximum Gasteiger partial charge on any atom is 0.295 e. The van der Waals surface area contributed by atoms with Crippen molar-refractivity contribution in [2.24, 2.45) is 0 Å². The van der Waals surface area contributed by atoms with Crippen molar-refractivity contribution in [3.63, 3.8) is 0 Å². The molecule has 2 aromatic carbocycles. The molecular formula is C25H29ClN2O4. The second-order valence-electron chi connectivity index (χ2n) is 7.73. The molecule has 2 aromatic rings. The number of carbonyl (C=O) groups excluding carboxylic acids is 2. The Bertz CT molecular complexity index is 1050. The number of amides is 1. The van der Waals surface area contributed by atoms with Gasteiger partial charge < -0.3 is 19.6 Å². The number of hydrogen-bond donors (Lipinski definition) is 1. The highest BCUT2D eigenvalue weighted by Gasteiger charge is 2.46. The highest BCUT2D eigenvalue weighted by Crippen LogP contribution is 2.41. The molecule has 0 radical (unpaired) electrons. The summed E-state index contributed by atoms with van der Waals surface area (Å²) in [5, 5.41) is 11.6. The van der Waals surface area contributed by atoms with Crippen LogP contribution in [0.4, 0.5) is 0 Å². The number of aliphatic hydroxyl groups is 1. The number of aryl methyl sites for hydroxylation is 1. The third kappa shape index (κ3) is 4.52. The van der Waals surface area contributed by atoms with Gasteiger partial charge in [-0.3, -0.25) is 9.59 Å². The molecule has 0 spiro atoms. The Kier molecular flexibility index (Phi) is 7.59. The third-order valence-electron chi connectivity index (χ3n) is 6.00. The highest BCUT2D eigenvalue weighted by atomic mass is 35.5. The Balaban J connectivity index is 2.14. The minimum atomic E-state index is -0.691. The standard InChI is InChI=1S/C25H29ClN2O4/c1-5-27(6-2)13-14-28-22(18-10-8-7-9-16(18)3)21(24(30)25(28)31)23(29)17-11-12-19(26)20(15-17)32-4/h7-12,15,22,29H,5-6,13-14H2,1-4H3/b23-21+. The van der Waals surface area contributed by atoms with Crippen LogP contribution in [-0.4, -0.2) is 59.9 Å². The van der Waals surface area contributed by atoms with Crippen LogP contribution < -0.4 is 4.74 Å². The second-order valence-corrected chi connectivity index (χ2v) is 8.13. The fourth-order valence-electron chi connectivity index (χ4n) is 4.08. The number of nitrogens with zero attached hydrogens (tertiary/aromatic N) is 2.